The maximum absolute atomic E-state index is 12.4. The van der Waals surface area contributed by atoms with Gasteiger partial charge in [0.25, 0.3) is 0 Å². The summed E-state index contributed by atoms with van der Waals surface area (Å²) < 4.78 is 37.2. The van der Waals surface area contributed by atoms with Crippen LogP contribution in [0.2, 0.25) is 0 Å². The molecule has 1 aliphatic carbocycles. The molecule has 1 aromatic carbocycles. The molecule has 0 spiro atoms. The molecule has 1 saturated carbocycles. The van der Waals surface area contributed by atoms with Gasteiger partial charge in [0.05, 0.1) is 11.3 Å². The van der Waals surface area contributed by atoms with E-state index in [9.17, 15) is 13.2 Å². The fourth-order valence-electron chi connectivity index (χ4n) is 3.01. The van der Waals surface area contributed by atoms with Crippen LogP contribution < -0.4 is 5.14 Å². The Kier molecular flexibility index (Phi) is 6.24. The molecule has 0 aliphatic heterocycles. The standard InChI is InChI=1S/C11H15NS.C10H6F3N3/c1-11(2)7-10(11)8-3-5-9(13-12)6-4-8;11-10(12,13)8-3-7(4-15-5-8)9-1-2-14-6-16-9/h3-6,10H,7,12H2,1-2H3;1-6H. The summed E-state index contributed by atoms with van der Waals surface area (Å²) in [7, 11) is 0. The lowest BCUT2D eigenvalue weighted by Gasteiger charge is -2.07. The van der Waals surface area contributed by atoms with E-state index >= 15 is 0 Å². The summed E-state index contributed by atoms with van der Waals surface area (Å²) in [6.07, 6.45) is 1.78. The van der Waals surface area contributed by atoms with Crippen molar-refractivity contribution in [1.29, 1.82) is 0 Å². The van der Waals surface area contributed by atoms with E-state index in [2.05, 4.69) is 53.1 Å². The highest BCUT2D eigenvalue weighted by molar-refractivity contribution is 7.97. The van der Waals surface area contributed by atoms with Crippen LogP contribution in [0.25, 0.3) is 11.3 Å². The normalized spacial score (nSPS) is 17.2. The van der Waals surface area contributed by atoms with E-state index in [4.69, 9.17) is 5.14 Å². The number of alkyl halides is 3. The predicted molar refractivity (Wildman–Crippen MR) is 108 cm³/mol. The first-order valence-electron chi connectivity index (χ1n) is 8.96. The van der Waals surface area contributed by atoms with E-state index in [0.29, 0.717) is 16.7 Å². The molecule has 8 heteroatoms. The number of rotatable bonds is 3. The maximum atomic E-state index is 12.4. The number of hydrogen-bond acceptors (Lipinski definition) is 5. The number of aromatic nitrogens is 3. The third kappa shape index (κ3) is 5.55. The Bertz CT molecular complexity index is 944. The Morgan fingerprint density at radius 1 is 1.07 bits per heavy atom. The van der Waals surface area contributed by atoms with Crippen molar-refractivity contribution < 1.29 is 13.2 Å². The van der Waals surface area contributed by atoms with Crippen LogP contribution in [0, 0.1) is 5.41 Å². The molecular formula is C21H21F3N4S. The average molecular weight is 418 g/mol. The van der Waals surface area contributed by atoms with Gasteiger partial charge in [-0.3, -0.25) is 10.1 Å². The zero-order valence-corrected chi connectivity index (χ0v) is 16.8. The summed E-state index contributed by atoms with van der Waals surface area (Å²) in [6.45, 7) is 4.65. The fourth-order valence-corrected chi connectivity index (χ4v) is 3.30. The van der Waals surface area contributed by atoms with Gasteiger partial charge >= 0.3 is 6.18 Å². The predicted octanol–water partition coefficient (Wildman–Crippen LogP) is 5.72. The summed E-state index contributed by atoms with van der Waals surface area (Å²) in [5.74, 6) is 0.768. The van der Waals surface area contributed by atoms with Crippen molar-refractivity contribution in [2.45, 2.75) is 37.3 Å². The Morgan fingerprint density at radius 3 is 2.28 bits per heavy atom. The van der Waals surface area contributed by atoms with Crippen LogP contribution >= 0.6 is 11.9 Å². The minimum atomic E-state index is -4.39. The molecule has 0 radical (unpaired) electrons. The zero-order chi connectivity index (χ0) is 21.1. The number of pyridine rings is 1. The van der Waals surface area contributed by atoms with E-state index in [1.54, 1.807) is 0 Å². The molecule has 4 nitrogen and oxygen atoms in total. The van der Waals surface area contributed by atoms with E-state index in [0.717, 1.165) is 23.1 Å². The van der Waals surface area contributed by atoms with Gasteiger partial charge < -0.3 is 0 Å². The van der Waals surface area contributed by atoms with Gasteiger partial charge in [-0.15, -0.1) is 0 Å². The Labute approximate surface area is 171 Å². The van der Waals surface area contributed by atoms with E-state index in [-0.39, 0.29) is 0 Å². The van der Waals surface area contributed by atoms with Crippen molar-refractivity contribution >= 4 is 11.9 Å². The Balaban J connectivity index is 0.000000169. The molecule has 1 fully saturated rings. The van der Waals surface area contributed by atoms with Gasteiger partial charge in [0.15, 0.2) is 0 Å². The van der Waals surface area contributed by atoms with Crippen molar-refractivity contribution in [1.82, 2.24) is 15.0 Å². The number of hydrogen-bond donors (Lipinski definition) is 1. The van der Waals surface area contributed by atoms with Crippen molar-refractivity contribution in [3.05, 3.63) is 72.4 Å². The van der Waals surface area contributed by atoms with Gasteiger partial charge in [0.1, 0.15) is 6.33 Å². The molecule has 0 amide bonds. The first-order chi connectivity index (χ1) is 13.7. The molecule has 1 aliphatic rings. The molecule has 2 heterocycles. The second-order valence-corrected chi connectivity index (χ2v) is 8.19. The smallest absolute Gasteiger partial charge is 0.274 e. The average Bonchev–Trinajstić information content (AvgIpc) is 3.37. The molecule has 0 bridgehead atoms. The largest absolute Gasteiger partial charge is 0.417 e. The summed E-state index contributed by atoms with van der Waals surface area (Å²) in [5.41, 5.74) is 1.93. The number of benzene rings is 1. The summed E-state index contributed by atoms with van der Waals surface area (Å²) in [6, 6.07) is 11.2. The van der Waals surface area contributed by atoms with Crippen LogP contribution in [0.5, 0.6) is 0 Å². The number of nitrogens with two attached hydrogens (primary N) is 1. The molecule has 152 valence electrons. The Hall–Kier alpha value is -2.45. The van der Waals surface area contributed by atoms with Crippen LogP contribution in [0.3, 0.4) is 0 Å². The van der Waals surface area contributed by atoms with E-state index < -0.39 is 11.7 Å². The van der Waals surface area contributed by atoms with Gasteiger partial charge in [-0.1, -0.05) is 26.0 Å². The second kappa shape index (κ2) is 8.51. The molecule has 1 unspecified atom stereocenters. The van der Waals surface area contributed by atoms with Crippen LogP contribution in [0.4, 0.5) is 13.2 Å². The first kappa shape index (κ1) is 21.3. The van der Waals surface area contributed by atoms with Gasteiger partial charge in [0.2, 0.25) is 0 Å². The zero-order valence-electron chi connectivity index (χ0n) is 16.0. The van der Waals surface area contributed by atoms with Crippen LogP contribution in [0.1, 0.15) is 37.3 Å². The minimum absolute atomic E-state index is 0.317. The topological polar surface area (TPSA) is 64.7 Å². The lowest BCUT2D eigenvalue weighted by molar-refractivity contribution is -0.137. The van der Waals surface area contributed by atoms with Crippen molar-refractivity contribution in [2.24, 2.45) is 10.6 Å². The summed E-state index contributed by atoms with van der Waals surface area (Å²) >= 11 is 1.31. The molecule has 1 atom stereocenters. The van der Waals surface area contributed by atoms with E-state index in [1.165, 1.54) is 48.7 Å². The quantitative estimate of drug-likeness (QED) is 0.551. The molecule has 4 rings (SSSR count). The molecule has 2 aromatic heterocycles. The summed E-state index contributed by atoms with van der Waals surface area (Å²) in [4.78, 5) is 12.2. The van der Waals surface area contributed by atoms with E-state index in [1.807, 2.05) is 0 Å². The van der Waals surface area contributed by atoms with Crippen molar-refractivity contribution in [2.75, 3.05) is 0 Å². The lowest BCUT2D eigenvalue weighted by atomic mass is 10.0. The SMILES string of the molecule is CC1(C)CC1c1ccc(SN)cc1.FC(F)(F)c1cncc(-c2ccncn2)c1. The number of nitrogens with zero attached hydrogens (tertiary/aromatic N) is 3. The molecule has 0 saturated heterocycles. The van der Waals surface area contributed by atoms with Gasteiger partial charge in [-0.2, -0.15) is 13.2 Å². The highest BCUT2D eigenvalue weighted by Crippen LogP contribution is 2.58. The lowest BCUT2D eigenvalue weighted by Crippen LogP contribution is -2.05. The van der Waals surface area contributed by atoms with Crippen LogP contribution in [-0.2, 0) is 6.18 Å². The maximum Gasteiger partial charge on any atom is 0.417 e. The highest BCUT2D eigenvalue weighted by Gasteiger charge is 2.46. The summed E-state index contributed by atoms with van der Waals surface area (Å²) in [5, 5.41) is 5.46. The monoisotopic (exact) mass is 418 g/mol. The number of halogens is 3. The van der Waals surface area contributed by atoms with Crippen LogP contribution in [0.15, 0.2) is 66.2 Å². The minimum Gasteiger partial charge on any atom is -0.274 e. The third-order valence-electron chi connectivity index (χ3n) is 4.88. The second-order valence-electron chi connectivity index (χ2n) is 7.49. The Morgan fingerprint density at radius 2 is 1.76 bits per heavy atom. The molecule has 2 N–H and O–H groups in total. The van der Waals surface area contributed by atoms with Gasteiger partial charge in [-0.25, -0.2) is 9.97 Å². The van der Waals surface area contributed by atoms with Gasteiger partial charge in [0, 0.05) is 29.0 Å². The van der Waals surface area contributed by atoms with Crippen LogP contribution in [-0.4, -0.2) is 15.0 Å². The van der Waals surface area contributed by atoms with Crippen molar-refractivity contribution in [3.63, 3.8) is 0 Å². The molecule has 29 heavy (non-hydrogen) atoms. The first-order valence-corrected chi connectivity index (χ1v) is 9.84. The molecule has 3 aromatic rings. The molecular weight excluding hydrogens is 397 g/mol. The van der Waals surface area contributed by atoms with Gasteiger partial charge in [-0.05, 0) is 59.5 Å². The third-order valence-corrected chi connectivity index (χ3v) is 5.42. The fraction of sp³-hybridized carbons (Fsp3) is 0.286. The highest BCUT2D eigenvalue weighted by atomic mass is 32.2. The van der Waals surface area contributed by atoms with Crippen molar-refractivity contribution in [3.8, 4) is 11.3 Å².